The van der Waals surface area contributed by atoms with Gasteiger partial charge in [-0.1, -0.05) is 37.6 Å². The minimum absolute atomic E-state index is 0.0923. The maximum atomic E-state index is 12.5. The molecule has 2 aromatic rings. The topological polar surface area (TPSA) is 73.2 Å². The fraction of sp³-hybridized carbons (Fsp3) is 0.353. The van der Waals surface area contributed by atoms with Gasteiger partial charge in [0.2, 0.25) is 0 Å². The third kappa shape index (κ3) is 3.94. The third-order valence-corrected chi connectivity index (χ3v) is 3.91. The molecule has 1 amide bonds. The molecule has 1 atom stereocenters. The molecule has 0 aliphatic heterocycles. The van der Waals surface area contributed by atoms with Gasteiger partial charge in [-0.25, -0.2) is 4.79 Å². The largest absolute Gasteiger partial charge is 0.467 e. The Morgan fingerprint density at radius 1 is 1.25 bits per heavy atom. The molecule has 0 radical (unpaired) electrons. The first-order chi connectivity index (χ1) is 11.3. The third-order valence-electron chi connectivity index (χ3n) is 3.66. The molecule has 0 fully saturated rings. The number of nitrogens with zero attached hydrogens (tertiary/aromatic N) is 2. The van der Waals surface area contributed by atoms with E-state index in [1.807, 2.05) is 26.0 Å². The molecule has 6 nitrogen and oxygen atoms in total. The monoisotopic (exact) mass is 349 g/mol. The Balaban J connectivity index is 2.24. The van der Waals surface area contributed by atoms with Gasteiger partial charge in [0.15, 0.2) is 0 Å². The summed E-state index contributed by atoms with van der Waals surface area (Å²) in [6.07, 6.45) is 0. The molecule has 0 unspecified atom stereocenters. The number of aryl methyl sites for hydroxylation is 1. The van der Waals surface area contributed by atoms with E-state index >= 15 is 0 Å². The normalized spacial score (nSPS) is 12.1. The predicted octanol–water partition coefficient (Wildman–Crippen LogP) is 2.67. The number of hydrogen-bond donors (Lipinski definition) is 1. The Hall–Kier alpha value is -2.34. The van der Waals surface area contributed by atoms with Crippen molar-refractivity contribution in [3.8, 4) is 11.3 Å². The van der Waals surface area contributed by atoms with Crippen LogP contribution in [0.3, 0.4) is 0 Å². The van der Waals surface area contributed by atoms with Gasteiger partial charge in [-0.3, -0.25) is 9.48 Å². The number of benzene rings is 1. The second-order valence-electron chi connectivity index (χ2n) is 5.76. The first kappa shape index (κ1) is 18.0. The number of amides is 1. The molecule has 1 aromatic carbocycles. The Bertz CT molecular complexity index is 738. The van der Waals surface area contributed by atoms with Gasteiger partial charge in [-0.2, -0.15) is 5.10 Å². The minimum Gasteiger partial charge on any atom is -0.467 e. The molecule has 0 saturated heterocycles. The molecule has 7 heteroatoms. The zero-order valence-corrected chi connectivity index (χ0v) is 14.8. The highest BCUT2D eigenvalue weighted by atomic mass is 35.5. The van der Waals surface area contributed by atoms with Crippen LogP contribution in [0.2, 0.25) is 5.02 Å². The summed E-state index contributed by atoms with van der Waals surface area (Å²) in [7, 11) is 2.98. The quantitative estimate of drug-likeness (QED) is 0.842. The molecular weight excluding hydrogens is 330 g/mol. The summed E-state index contributed by atoms with van der Waals surface area (Å²) in [5.74, 6) is -0.946. The molecule has 0 aliphatic carbocycles. The number of nitrogens with one attached hydrogen (secondary N) is 1. The number of aromatic nitrogens is 2. The summed E-state index contributed by atoms with van der Waals surface area (Å²) in [5.41, 5.74) is 1.86. The molecule has 24 heavy (non-hydrogen) atoms. The number of carbonyl (C=O) groups excluding carboxylic acids is 2. The number of carbonyl (C=O) groups is 2. The first-order valence-electron chi connectivity index (χ1n) is 7.52. The van der Waals surface area contributed by atoms with E-state index in [-0.39, 0.29) is 11.8 Å². The summed E-state index contributed by atoms with van der Waals surface area (Å²) in [4.78, 5) is 24.3. The van der Waals surface area contributed by atoms with E-state index < -0.39 is 12.0 Å². The Morgan fingerprint density at radius 3 is 2.42 bits per heavy atom. The fourth-order valence-electron chi connectivity index (χ4n) is 2.28. The van der Waals surface area contributed by atoms with Crippen LogP contribution in [0.25, 0.3) is 11.3 Å². The lowest BCUT2D eigenvalue weighted by Crippen LogP contribution is -2.45. The number of methoxy groups -OCH3 is 1. The average Bonchev–Trinajstić information content (AvgIpc) is 2.94. The summed E-state index contributed by atoms with van der Waals surface area (Å²) in [6.45, 7) is 3.68. The zero-order chi connectivity index (χ0) is 17.9. The van der Waals surface area contributed by atoms with Gasteiger partial charge in [-0.05, 0) is 24.1 Å². The molecule has 128 valence electrons. The molecule has 0 saturated carbocycles. The van der Waals surface area contributed by atoms with Gasteiger partial charge in [0.05, 0.1) is 12.8 Å². The van der Waals surface area contributed by atoms with Crippen LogP contribution in [-0.4, -0.2) is 34.8 Å². The number of halogens is 1. The van der Waals surface area contributed by atoms with Crippen LogP contribution >= 0.6 is 11.6 Å². The van der Waals surface area contributed by atoms with Gasteiger partial charge in [0.1, 0.15) is 11.7 Å². The SMILES string of the molecule is COC(=O)[C@@H](NC(=O)c1cc(-c2ccc(Cl)cc2)nn1C)C(C)C. The first-order valence-corrected chi connectivity index (χ1v) is 7.90. The summed E-state index contributed by atoms with van der Waals surface area (Å²) in [5, 5.41) is 7.68. The van der Waals surface area contributed by atoms with E-state index in [2.05, 4.69) is 10.4 Å². The molecule has 0 spiro atoms. The van der Waals surface area contributed by atoms with Gasteiger partial charge in [-0.15, -0.1) is 0 Å². The number of hydrogen-bond acceptors (Lipinski definition) is 4. The van der Waals surface area contributed by atoms with E-state index in [4.69, 9.17) is 16.3 Å². The van der Waals surface area contributed by atoms with E-state index in [1.54, 1.807) is 25.2 Å². The Morgan fingerprint density at radius 2 is 1.88 bits per heavy atom. The van der Waals surface area contributed by atoms with Gasteiger partial charge < -0.3 is 10.1 Å². The van der Waals surface area contributed by atoms with Crippen molar-refractivity contribution in [3.63, 3.8) is 0 Å². The van der Waals surface area contributed by atoms with Crippen LogP contribution in [0.5, 0.6) is 0 Å². The smallest absolute Gasteiger partial charge is 0.328 e. The summed E-state index contributed by atoms with van der Waals surface area (Å²) < 4.78 is 6.22. The maximum Gasteiger partial charge on any atom is 0.328 e. The van der Waals surface area contributed by atoms with Crippen molar-refractivity contribution < 1.29 is 14.3 Å². The zero-order valence-electron chi connectivity index (χ0n) is 14.0. The standard InChI is InChI=1S/C17H20ClN3O3/c1-10(2)15(17(23)24-4)19-16(22)14-9-13(20-21(14)3)11-5-7-12(18)8-6-11/h5-10,15H,1-4H3,(H,19,22)/t15-/m0/s1. The van der Waals surface area contributed by atoms with Crippen molar-refractivity contribution in [1.29, 1.82) is 0 Å². The molecular formula is C17H20ClN3O3. The molecule has 2 rings (SSSR count). The van der Waals surface area contributed by atoms with Crippen molar-refractivity contribution in [2.24, 2.45) is 13.0 Å². The Labute approximate surface area is 145 Å². The van der Waals surface area contributed by atoms with Gasteiger partial charge in [0.25, 0.3) is 5.91 Å². The number of esters is 1. The predicted molar refractivity (Wildman–Crippen MR) is 91.8 cm³/mol. The summed E-state index contributed by atoms with van der Waals surface area (Å²) >= 11 is 5.88. The molecule has 1 N–H and O–H groups in total. The van der Waals surface area contributed by atoms with Crippen LogP contribution in [0.15, 0.2) is 30.3 Å². The second-order valence-corrected chi connectivity index (χ2v) is 6.20. The van der Waals surface area contributed by atoms with E-state index in [0.29, 0.717) is 16.4 Å². The van der Waals surface area contributed by atoms with E-state index in [1.165, 1.54) is 11.8 Å². The fourth-order valence-corrected chi connectivity index (χ4v) is 2.41. The lowest BCUT2D eigenvalue weighted by atomic mass is 10.0. The molecule has 1 aromatic heterocycles. The highest BCUT2D eigenvalue weighted by Gasteiger charge is 2.26. The van der Waals surface area contributed by atoms with Crippen molar-refractivity contribution in [2.75, 3.05) is 7.11 Å². The van der Waals surface area contributed by atoms with Crippen LogP contribution in [0, 0.1) is 5.92 Å². The number of ether oxygens (including phenoxy) is 1. The Kier molecular flexibility index (Phi) is 5.62. The van der Waals surface area contributed by atoms with Crippen LogP contribution in [0.4, 0.5) is 0 Å². The molecule has 0 bridgehead atoms. The second kappa shape index (κ2) is 7.49. The average molecular weight is 350 g/mol. The summed E-state index contributed by atoms with van der Waals surface area (Å²) in [6, 6.07) is 8.15. The maximum absolute atomic E-state index is 12.5. The van der Waals surface area contributed by atoms with E-state index in [0.717, 1.165) is 5.56 Å². The highest BCUT2D eigenvalue weighted by molar-refractivity contribution is 6.30. The minimum atomic E-state index is -0.712. The van der Waals surface area contributed by atoms with Crippen molar-refractivity contribution >= 4 is 23.5 Å². The van der Waals surface area contributed by atoms with Crippen LogP contribution in [-0.2, 0) is 16.6 Å². The van der Waals surface area contributed by atoms with Crippen molar-refractivity contribution in [1.82, 2.24) is 15.1 Å². The lowest BCUT2D eigenvalue weighted by Gasteiger charge is -2.19. The molecule has 0 aliphatic rings. The number of rotatable bonds is 5. The van der Waals surface area contributed by atoms with Crippen molar-refractivity contribution in [2.45, 2.75) is 19.9 Å². The van der Waals surface area contributed by atoms with Crippen LogP contribution in [0.1, 0.15) is 24.3 Å². The van der Waals surface area contributed by atoms with Crippen LogP contribution < -0.4 is 5.32 Å². The molecule has 1 heterocycles. The van der Waals surface area contributed by atoms with Crippen molar-refractivity contribution in [3.05, 3.63) is 41.0 Å². The highest BCUT2D eigenvalue weighted by Crippen LogP contribution is 2.21. The van der Waals surface area contributed by atoms with Gasteiger partial charge in [0, 0.05) is 17.6 Å². The van der Waals surface area contributed by atoms with E-state index in [9.17, 15) is 9.59 Å². The lowest BCUT2D eigenvalue weighted by molar-refractivity contribution is -0.144. The van der Waals surface area contributed by atoms with Gasteiger partial charge >= 0.3 is 5.97 Å².